The van der Waals surface area contributed by atoms with Crippen LogP contribution in [0.4, 0.5) is 0 Å². The predicted molar refractivity (Wildman–Crippen MR) is 188 cm³/mol. The molecule has 0 saturated carbocycles. The van der Waals surface area contributed by atoms with E-state index in [0.29, 0.717) is 0 Å². The van der Waals surface area contributed by atoms with Crippen LogP contribution in [0.2, 0.25) is 0 Å². The summed E-state index contributed by atoms with van der Waals surface area (Å²) in [5.41, 5.74) is 11.3. The third-order valence-electron chi connectivity index (χ3n) is 9.30. The van der Waals surface area contributed by atoms with E-state index in [-0.39, 0.29) is 0 Å². The maximum absolute atomic E-state index is 6.18. The molecular formula is C42H26N2O. The Morgan fingerprint density at radius 2 is 0.889 bits per heavy atom. The first-order valence-corrected chi connectivity index (χ1v) is 15.4. The number of nitrogens with zero attached hydrogens (tertiary/aromatic N) is 2. The van der Waals surface area contributed by atoms with E-state index in [4.69, 9.17) is 4.42 Å². The lowest BCUT2D eigenvalue weighted by Gasteiger charge is -2.11. The highest BCUT2D eigenvalue weighted by molar-refractivity contribution is 6.19. The Kier molecular flexibility index (Phi) is 5.00. The SMILES string of the molecule is c1ccc(-c2cccc(-n3c4ccccc4c4cc5c6ccccc6n(-c6ccc7oc8ccccc8c7c6)c5cc43)c2)cc1. The van der Waals surface area contributed by atoms with Crippen molar-refractivity contribution in [2.45, 2.75) is 0 Å². The largest absolute Gasteiger partial charge is 0.456 e. The lowest BCUT2D eigenvalue weighted by molar-refractivity contribution is 0.669. The average molecular weight is 575 g/mol. The molecule has 3 heterocycles. The number of furan rings is 1. The van der Waals surface area contributed by atoms with E-state index in [0.717, 1.165) is 33.3 Å². The van der Waals surface area contributed by atoms with Crippen molar-refractivity contribution in [3.8, 4) is 22.5 Å². The van der Waals surface area contributed by atoms with Crippen molar-refractivity contribution >= 4 is 65.6 Å². The summed E-state index contributed by atoms with van der Waals surface area (Å²) in [5.74, 6) is 0. The van der Waals surface area contributed by atoms with Crippen molar-refractivity contribution < 1.29 is 4.42 Å². The second kappa shape index (κ2) is 9.22. The number of hydrogen-bond donors (Lipinski definition) is 0. The topological polar surface area (TPSA) is 23.0 Å². The number of hydrogen-bond acceptors (Lipinski definition) is 1. The van der Waals surface area contributed by atoms with E-state index < -0.39 is 0 Å². The monoisotopic (exact) mass is 574 g/mol. The average Bonchev–Trinajstić information content (AvgIpc) is 3.75. The highest BCUT2D eigenvalue weighted by Gasteiger charge is 2.19. The summed E-state index contributed by atoms with van der Waals surface area (Å²) < 4.78 is 11.0. The van der Waals surface area contributed by atoms with Crippen LogP contribution in [0, 0.1) is 0 Å². The van der Waals surface area contributed by atoms with Crippen LogP contribution in [0.5, 0.6) is 0 Å². The zero-order chi connectivity index (χ0) is 29.5. The van der Waals surface area contributed by atoms with Crippen LogP contribution in [0.15, 0.2) is 162 Å². The highest BCUT2D eigenvalue weighted by Crippen LogP contribution is 2.41. The smallest absolute Gasteiger partial charge is 0.135 e. The Balaban J connectivity index is 1.30. The first-order valence-electron chi connectivity index (χ1n) is 15.4. The summed E-state index contributed by atoms with van der Waals surface area (Å²) in [6.07, 6.45) is 0. The third kappa shape index (κ3) is 3.52. The lowest BCUT2D eigenvalue weighted by Crippen LogP contribution is -1.96. The first-order chi connectivity index (χ1) is 22.3. The minimum Gasteiger partial charge on any atom is -0.456 e. The van der Waals surface area contributed by atoms with Gasteiger partial charge in [-0.1, -0.05) is 97.1 Å². The molecule has 0 aliphatic heterocycles. The van der Waals surface area contributed by atoms with Gasteiger partial charge in [0.1, 0.15) is 11.2 Å². The molecule has 0 aliphatic rings. The summed E-state index contributed by atoms with van der Waals surface area (Å²) in [7, 11) is 0. The molecule has 45 heavy (non-hydrogen) atoms. The second-order valence-electron chi connectivity index (χ2n) is 11.8. The van der Waals surface area contributed by atoms with Crippen LogP contribution in [0.25, 0.3) is 88.1 Å². The molecule has 0 aliphatic carbocycles. The Morgan fingerprint density at radius 3 is 1.62 bits per heavy atom. The van der Waals surface area contributed by atoms with Crippen molar-refractivity contribution in [1.29, 1.82) is 0 Å². The molecule has 3 heteroatoms. The van der Waals surface area contributed by atoms with Crippen molar-refractivity contribution in [1.82, 2.24) is 9.13 Å². The molecule has 0 radical (unpaired) electrons. The quantitative estimate of drug-likeness (QED) is 0.206. The molecule has 10 aromatic rings. The summed E-state index contributed by atoms with van der Waals surface area (Å²) >= 11 is 0. The molecule has 0 bridgehead atoms. The van der Waals surface area contributed by atoms with Gasteiger partial charge in [0.25, 0.3) is 0 Å². The van der Waals surface area contributed by atoms with Gasteiger partial charge in [-0.3, -0.25) is 0 Å². The van der Waals surface area contributed by atoms with Crippen molar-refractivity contribution in [3.63, 3.8) is 0 Å². The van der Waals surface area contributed by atoms with Crippen LogP contribution >= 0.6 is 0 Å². The fourth-order valence-electron chi connectivity index (χ4n) is 7.30. The van der Waals surface area contributed by atoms with Crippen LogP contribution in [-0.2, 0) is 0 Å². The fourth-order valence-corrected chi connectivity index (χ4v) is 7.30. The van der Waals surface area contributed by atoms with E-state index >= 15 is 0 Å². The van der Waals surface area contributed by atoms with Crippen LogP contribution in [-0.4, -0.2) is 9.13 Å². The third-order valence-corrected chi connectivity index (χ3v) is 9.30. The van der Waals surface area contributed by atoms with Gasteiger partial charge in [-0.15, -0.1) is 0 Å². The van der Waals surface area contributed by atoms with E-state index in [1.165, 1.54) is 54.7 Å². The van der Waals surface area contributed by atoms with Crippen molar-refractivity contribution in [2.75, 3.05) is 0 Å². The van der Waals surface area contributed by atoms with Gasteiger partial charge in [-0.25, -0.2) is 0 Å². The number of fused-ring (bicyclic) bond motifs is 9. The lowest BCUT2D eigenvalue weighted by atomic mass is 10.1. The molecule has 3 aromatic heterocycles. The van der Waals surface area contributed by atoms with Gasteiger partial charge >= 0.3 is 0 Å². The molecule has 210 valence electrons. The number of benzene rings is 7. The number of aromatic nitrogens is 2. The maximum Gasteiger partial charge on any atom is 0.135 e. The molecule has 3 nitrogen and oxygen atoms in total. The van der Waals surface area contributed by atoms with Crippen LogP contribution in [0.1, 0.15) is 0 Å². The zero-order valence-corrected chi connectivity index (χ0v) is 24.3. The molecular weight excluding hydrogens is 548 g/mol. The summed E-state index contributed by atoms with van der Waals surface area (Å²) in [5, 5.41) is 7.26. The second-order valence-corrected chi connectivity index (χ2v) is 11.8. The maximum atomic E-state index is 6.18. The number of para-hydroxylation sites is 3. The predicted octanol–water partition coefficient (Wildman–Crippen LogP) is 11.4. The van der Waals surface area contributed by atoms with E-state index in [2.05, 4.69) is 155 Å². The molecule has 0 fully saturated rings. The minimum absolute atomic E-state index is 0.904. The van der Waals surface area contributed by atoms with E-state index in [9.17, 15) is 0 Å². The molecule has 0 amide bonds. The summed E-state index contributed by atoms with van der Waals surface area (Å²) in [4.78, 5) is 0. The van der Waals surface area contributed by atoms with Gasteiger partial charge in [0.15, 0.2) is 0 Å². The van der Waals surface area contributed by atoms with Crippen LogP contribution < -0.4 is 0 Å². The van der Waals surface area contributed by atoms with E-state index in [1.807, 2.05) is 12.1 Å². The molecule has 0 saturated heterocycles. The standard InChI is InChI=1S/C42H26N2O/c1-2-11-27(12-3-1)28-13-10-14-29(23-28)43-37-18-7-4-15-31(37)34-25-35-32-16-5-8-19-38(32)44(40(35)26-39(34)43)30-21-22-42-36(24-30)33-17-6-9-20-41(33)45-42/h1-26H. The fraction of sp³-hybridized carbons (Fsp3) is 0. The zero-order valence-electron chi connectivity index (χ0n) is 24.3. The molecule has 0 atom stereocenters. The first kappa shape index (κ1) is 24.4. The molecule has 0 spiro atoms. The Labute approximate surface area is 258 Å². The highest BCUT2D eigenvalue weighted by atomic mass is 16.3. The van der Waals surface area contributed by atoms with Gasteiger partial charge in [-0.2, -0.15) is 0 Å². The molecule has 0 N–H and O–H groups in total. The van der Waals surface area contributed by atoms with Gasteiger partial charge in [0.2, 0.25) is 0 Å². The minimum atomic E-state index is 0.904. The van der Waals surface area contributed by atoms with Crippen LogP contribution in [0.3, 0.4) is 0 Å². The molecule has 0 unspecified atom stereocenters. The van der Waals surface area contributed by atoms with E-state index in [1.54, 1.807) is 0 Å². The van der Waals surface area contributed by atoms with Gasteiger partial charge in [-0.05, 0) is 71.8 Å². The van der Waals surface area contributed by atoms with Gasteiger partial charge in [0, 0.05) is 43.7 Å². The summed E-state index contributed by atoms with van der Waals surface area (Å²) in [6.45, 7) is 0. The Hall–Kier alpha value is -6.06. The van der Waals surface area contributed by atoms with Crippen molar-refractivity contribution in [2.24, 2.45) is 0 Å². The normalized spacial score (nSPS) is 12.0. The Morgan fingerprint density at radius 1 is 0.311 bits per heavy atom. The Bertz CT molecular complexity index is 2760. The van der Waals surface area contributed by atoms with Gasteiger partial charge < -0.3 is 13.6 Å². The summed E-state index contributed by atoms with van der Waals surface area (Å²) in [6, 6.07) is 56.6. The molecule has 7 aromatic carbocycles. The number of rotatable bonds is 3. The van der Waals surface area contributed by atoms with Gasteiger partial charge in [0.05, 0.1) is 22.1 Å². The van der Waals surface area contributed by atoms with Crippen molar-refractivity contribution in [3.05, 3.63) is 158 Å². The molecule has 10 rings (SSSR count).